The van der Waals surface area contributed by atoms with Crippen molar-refractivity contribution in [2.24, 2.45) is 0 Å². The van der Waals surface area contributed by atoms with Gasteiger partial charge in [0.25, 0.3) is 0 Å². The third kappa shape index (κ3) is 2.79. The smallest absolute Gasteiger partial charge is 0.465 e. The number of methoxy groups -OCH3 is 1. The zero-order valence-corrected chi connectivity index (χ0v) is 9.62. The first kappa shape index (κ1) is 14.0. The zero-order chi connectivity index (χ0) is 13.9. The Hall–Kier alpha value is -2.05. The molecule has 0 bridgehead atoms. The van der Waals surface area contributed by atoms with Gasteiger partial charge >= 0.3 is 18.1 Å². The standard InChI is InChI=1S/C11H10F3NO3/c1-15(10(17)11(12,13)14)8-6-4-3-5-7(8)9(16)18-2/h3-6H,1-2H3. The number of anilines is 1. The minimum absolute atomic E-state index is 0.111. The number of ether oxygens (including phenoxy) is 1. The van der Waals surface area contributed by atoms with Gasteiger partial charge in [0.15, 0.2) is 0 Å². The summed E-state index contributed by atoms with van der Waals surface area (Å²) in [5.41, 5.74) is -0.272. The van der Waals surface area contributed by atoms with E-state index in [1.807, 2.05) is 0 Å². The van der Waals surface area contributed by atoms with Crippen LogP contribution in [0.15, 0.2) is 24.3 Å². The zero-order valence-electron chi connectivity index (χ0n) is 9.62. The van der Waals surface area contributed by atoms with Crippen LogP contribution < -0.4 is 4.90 Å². The van der Waals surface area contributed by atoms with Crippen molar-refractivity contribution in [3.8, 4) is 0 Å². The molecule has 0 aliphatic carbocycles. The van der Waals surface area contributed by atoms with Crippen molar-refractivity contribution in [2.45, 2.75) is 6.18 Å². The summed E-state index contributed by atoms with van der Waals surface area (Å²) in [7, 11) is 2.04. The first-order valence-corrected chi connectivity index (χ1v) is 4.81. The van der Waals surface area contributed by atoms with Crippen LogP contribution >= 0.6 is 0 Å². The van der Waals surface area contributed by atoms with Crippen molar-refractivity contribution < 1.29 is 27.5 Å². The van der Waals surface area contributed by atoms with E-state index < -0.39 is 18.1 Å². The minimum atomic E-state index is -5.00. The summed E-state index contributed by atoms with van der Waals surface area (Å²) in [5.74, 6) is -2.87. The predicted octanol–water partition coefficient (Wildman–Crippen LogP) is 2.00. The third-order valence-electron chi connectivity index (χ3n) is 2.22. The summed E-state index contributed by atoms with van der Waals surface area (Å²) in [6, 6.07) is 5.39. The number of nitrogens with zero attached hydrogens (tertiary/aromatic N) is 1. The van der Waals surface area contributed by atoms with E-state index in [-0.39, 0.29) is 11.3 Å². The van der Waals surface area contributed by atoms with E-state index in [4.69, 9.17) is 0 Å². The number of amides is 1. The van der Waals surface area contributed by atoms with E-state index in [0.29, 0.717) is 4.90 Å². The van der Waals surface area contributed by atoms with E-state index >= 15 is 0 Å². The fraction of sp³-hybridized carbons (Fsp3) is 0.273. The summed E-state index contributed by atoms with van der Waals surface area (Å²) < 4.78 is 41.3. The van der Waals surface area contributed by atoms with E-state index in [1.165, 1.54) is 24.3 Å². The van der Waals surface area contributed by atoms with Crippen LogP contribution in [0, 0.1) is 0 Å². The highest BCUT2D eigenvalue weighted by Gasteiger charge is 2.42. The highest BCUT2D eigenvalue weighted by Crippen LogP contribution is 2.25. The minimum Gasteiger partial charge on any atom is -0.465 e. The number of para-hydroxylation sites is 1. The summed E-state index contributed by atoms with van der Waals surface area (Å²) in [6.45, 7) is 0. The van der Waals surface area contributed by atoms with Crippen molar-refractivity contribution in [3.63, 3.8) is 0 Å². The van der Waals surface area contributed by atoms with Crippen LogP contribution in [0.3, 0.4) is 0 Å². The Morgan fingerprint density at radius 2 is 1.78 bits per heavy atom. The van der Waals surface area contributed by atoms with Crippen molar-refractivity contribution in [2.75, 3.05) is 19.1 Å². The van der Waals surface area contributed by atoms with Gasteiger partial charge in [0.1, 0.15) is 0 Å². The maximum absolute atomic E-state index is 12.3. The summed E-state index contributed by atoms with van der Waals surface area (Å²) >= 11 is 0. The van der Waals surface area contributed by atoms with Crippen molar-refractivity contribution >= 4 is 17.6 Å². The fourth-order valence-electron chi connectivity index (χ4n) is 1.35. The molecule has 1 rings (SSSR count). The molecule has 0 atom stereocenters. The topological polar surface area (TPSA) is 46.6 Å². The number of hydrogen-bond donors (Lipinski definition) is 0. The number of hydrogen-bond acceptors (Lipinski definition) is 3. The number of esters is 1. The number of halogens is 3. The Labute approximate surface area is 101 Å². The number of carbonyl (C=O) groups is 2. The Bertz CT molecular complexity index is 471. The van der Waals surface area contributed by atoms with Gasteiger partial charge in [-0.3, -0.25) is 4.79 Å². The fourth-order valence-corrected chi connectivity index (χ4v) is 1.35. The van der Waals surface area contributed by atoms with E-state index in [9.17, 15) is 22.8 Å². The van der Waals surface area contributed by atoms with Crippen LogP contribution in [0.2, 0.25) is 0 Å². The molecule has 0 radical (unpaired) electrons. The lowest BCUT2D eigenvalue weighted by atomic mass is 10.1. The van der Waals surface area contributed by atoms with Crippen LogP contribution in [0.25, 0.3) is 0 Å². The van der Waals surface area contributed by atoms with Crippen LogP contribution in [-0.2, 0) is 9.53 Å². The Morgan fingerprint density at radius 1 is 1.22 bits per heavy atom. The molecule has 0 unspecified atom stereocenters. The molecule has 0 saturated heterocycles. The van der Waals surface area contributed by atoms with Gasteiger partial charge in [0, 0.05) is 7.05 Å². The second-order valence-electron chi connectivity index (χ2n) is 3.37. The molecule has 98 valence electrons. The van der Waals surface area contributed by atoms with Crippen LogP contribution in [-0.4, -0.2) is 32.2 Å². The highest BCUT2D eigenvalue weighted by molar-refractivity contribution is 6.03. The maximum Gasteiger partial charge on any atom is 0.471 e. The molecule has 0 fully saturated rings. The molecular formula is C11H10F3NO3. The average molecular weight is 261 g/mol. The van der Waals surface area contributed by atoms with Gasteiger partial charge in [0.05, 0.1) is 18.4 Å². The van der Waals surface area contributed by atoms with E-state index in [1.54, 1.807) is 0 Å². The lowest BCUT2D eigenvalue weighted by Gasteiger charge is -2.20. The molecule has 0 heterocycles. The first-order chi connectivity index (χ1) is 8.29. The molecule has 0 N–H and O–H groups in total. The molecule has 18 heavy (non-hydrogen) atoms. The summed E-state index contributed by atoms with van der Waals surface area (Å²) in [5, 5.41) is 0. The molecule has 0 aliphatic rings. The Balaban J connectivity index is 3.18. The number of alkyl halides is 3. The van der Waals surface area contributed by atoms with Crippen molar-refractivity contribution in [3.05, 3.63) is 29.8 Å². The molecule has 1 aromatic carbocycles. The quantitative estimate of drug-likeness (QED) is 0.765. The summed E-state index contributed by atoms with van der Waals surface area (Å²) in [6.07, 6.45) is -5.00. The number of benzene rings is 1. The molecule has 0 aliphatic heterocycles. The maximum atomic E-state index is 12.3. The molecule has 7 heteroatoms. The second-order valence-corrected chi connectivity index (χ2v) is 3.37. The van der Waals surface area contributed by atoms with Gasteiger partial charge in [-0.1, -0.05) is 12.1 Å². The van der Waals surface area contributed by atoms with Crippen LogP contribution in [0.4, 0.5) is 18.9 Å². The normalized spacial score (nSPS) is 10.9. The van der Waals surface area contributed by atoms with Gasteiger partial charge in [0.2, 0.25) is 0 Å². The molecule has 0 aromatic heterocycles. The lowest BCUT2D eigenvalue weighted by Crippen LogP contribution is -2.39. The molecule has 0 spiro atoms. The van der Waals surface area contributed by atoms with Crippen molar-refractivity contribution in [1.29, 1.82) is 0 Å². The Kier molecular flexibility index (Phi) is 3.95. The third-order valence-corrected chi connectivity index (χ3v) is 2.22. The van der Waals surface area contributed by atoms with Crippen molar-refractivity contribution in [1.82, 2.24) is 0 Å². The van der Waals surface area contributed by atoms with Gasteiger partial charge < -0.3 is 9.64 Å². The Morgan fingerprint density at radius 3 is 2.28 bits per heavy atom. The van der Waals surface area contributed by atoms with Gasteiger partial charge in [-0.25, -0.2) is 4.79 Å². The number of carbonyl (C=O) groups excluding carboxylic acids is 2. The second kappa shape index (κ2) is 5.07. The largest absolute Gasteiger partial charge is 0.471 e. The van der Waals surface area contributed by atoms with Gasteiger partial charge in [-0.15, -0.1) is 0 Å². The molecule has 0 saturated carbocycles. The van der Waals surface area contributed by atoms with E-state index in [0.717, 1.165) is 14.2 Å². The van der Waals surface area contributed by atoms with E-state index in [2.05, 4.69) is 4.74 Å². The average Bonchev–Trinajstić information content (AvgIpc) is 2.35. The summed E-state index contributed by atoms with van der Waals surface area (Å²) in [4.78, 5) is 22.8. The lowest BCUT2D eigenvalue weighted by molar-refractivity contribution is -0.170. The molecule has 1 aromatic rings. The monoisotopic (exact) mass is 261 g/mol. The molecular weight excluding hydrogens is 251 g/mol. The SMILES string of the molecule is COC(=O)c1ccccc1N(C)C(=O)C(F)(F)F. The van der Waals surface area contributed by atoms with Gasteiger partial charge in [-0.2, -0.15) is 13.2 Å². The van der Waals surface area contributed by atoms with Crippen LogP contribution in [0.1, 0.15) is 10.4 Å². The predicted molar refractivity (Wildman–Crippen MR) is 57.2 cm³/mol. The van der Waals surface area contributed by atoms with Crippen LogP contribution in [0.5, 0.6) is 0 Å². The number of rotatable bonds is 2. The highest BCUT2D eigenvalue weighted by atomic mass is 19.4. The molecule has 4 nitrogen and oxygen atoms in total. The van der Waals surface area contributed by atoms with Gasteiger partial charge in [-0.05, 0) is 12.1 Å². The first-order valence-electron chi connectivity index (χ1n) is 4.81. The molecule has 1 amide bonds.